The molecule has 0 bridgehead atoms. The summed E-state index contributed by atoms with van der Waals surface area (Å²) in [5.41, 5.74) is 7.81. The zero-order valence-electron chi connectivity index (χ0n) is 15.5. The van der Waals surface area contributed by atoms with Crippen LogP contribution in [-0.2, 0) is 11.3 Å². The van der Waals surface area contributed by atoms with E-state index < -0.39 is 0 Å². The largest absolute Gasteiger partial charge is 0.494 e. The van der Waals surface area contributed by atoms with Crippen molar-refractivity contribution < 1.29 is 14.3 Å². The molecule has 142 valence electrons. The second-order valence-electron chi connectivity index (χ2n) is 6.64. The molecule has 1 saturated heterocycles. The lowest BCUT2D eigenvalue weighted by molar-refractivity contribution is -0.122. The number of amides is 2. The number of likely N-dealkylation sites (tertiary alicyclic amines) is 1. The van der Waals surface area contributed by atoms with Gasteiger partial charge in [0.25, 0.3) is 5.91 Å². The van der Waals surface area contributed by atoms with Crippen molar-refractivity contribution >= 4 is 17.5 Å². The van der Waals surface area contributed by atoms with Crippen LogP contribution in [0.2, 0.25) is 0 Å². The minimum Gasteiger partial charge on any atom is -0.494 e. The number of benzene rings is 2. The van der Waals surface area contributed by atoms with E-state index in [1.807, 2.05) is 31.2 Å². The molecule has 1 fully saturated rings. The van der Waals surface area contributed by atoms with Gasteiger partial charge in [-0.3, -0.25) is 14.5 Å². The monoisotopic (exact) mass is 367 g/mol. The van der Waals surface area contributed by atoms with Gasteiger partial charge in [-0.25, -0.2) is 0 Å². The average molecular weight is 367 g/mol. The first-order valence-corrected chi connectivity index (χ1v) is 9.23. The molecule has 2 aromatic carbocycles. The molecule has 1 atom stereocenters. The Morgan fingerprint density at radius 1 is 1.22 bits per heavy atom. The zero-order chi connectivity index (χ0) is 19.2. The van der Waals surface area contributed by atoms with Gasteiger partial charge in [-0.1, -0.05) is 12.1 Å². The van der Waals surface area contributed by atoms with Crippen LogP contribution in [0.15, 0.2) is 48.5 Å². The lowest BCUT2D eigenvalue weighted by atomic mass is 10.1. The molecular weight excluding hydrogens is 342 g/mol. The summed E-state index contributed by atoms with van der Waals surface area (Å²) < 4.78 is 5.39. The minimum atomic E-state index is -0.271. The minimum absolute atomic E-state index is 0.175. The molecule has 0 spiro atoms. The molecule has 6 nitrogen and oxygen atoms in total. The molecule has 0 radical (unpaired) electrons. The number of hydrogen-bond acceptors (Lipinski definition) is 4. The molecule has 1 heterocycles. The molecule has 0 saturated carbocycles. The molecule has 3 rings (SSSR count). The number of carbonyl (C=O) groups excluding carboxylic acids is 2. The Balaban J connectivity index is 1.65. The number of primary amides is 1. The highest BCUT2D eigenvalue weighted by Gasteiger charge is 2.28. The van der Waals surface area contributed by atoms with Gasteiger partial charge in [0, 0.05) is 17.8 Å². The predicted octanol–water partition coefficient (Wildman–Crippen LogP) is 2.79. The van der Waals surface area contributed by atoms with Crippen LogP contribution >= 0.6 is 0 Å². The van der Waals surface area contributed by atoms with Gasteiger partial charge in [0.1, 0.15) is 5.75 Å². The number of ether oxygens (including phenoxy) is 1. The summed E-state index contributed by atoms with van der Waals surface area (Å²) in [7, 11) is 0. The fourth-order valence-electron chi connectivity index (χ4n) is 3.39. The normalized spacial score (nSPS) is 16.9. The van der Waals surface area contributed by atoms with Crippen molar-refractivity contribution in [3.05, 3.63) is 59.7 Å². The summed E-state index contributed by atoms with van der Waals surface area (Å²) in [6.45, 7) is 4.00. The molecule has 6 heteroatoms. The van der Waals surface area contributed by atoms with Gasteiger partial charge in [0.2, 0.25) is 5.91 Å². The van der Waals surface area contributed by atoms with E-state index in [1.54, 1.807) is 24.3 Å². The number of anilines is 1. The van der Waals surface area contributed by atoms with E-state index in [-0.39, 0.29) is 17.9 Å². The number of hydrogen-bond donors (Lipinski definition) is 2. The molecule has 1 unspecified atom stereocenters. The van der Waals surface area contributed by atoms with Crippen LogP contribution in [0.5, 0.6) is 5.75 Å². The highest BCUT2D eigenvalue weighted by molar-refractivity contribution is 6.04. The van der Waals surface area contributed by atoms with Crippen molar-refractivity contribution in [2.45, 2.75) is 32.4 Å². The Hall–Kier alpha value is -2.86. The number of rotatable bonds is 7. The number of nitrogens with two attached hydrogens (primary N) is 1. The smallest absolute Gasteiger partial charge is 0.255 e. The molecule has 2 aromatic rings. The van der Waals surface area contributed by atoms with E-state index in [1.165, 1.54) is 0 Å². The van der Waals surface area contributed by atoms with Crippen LogP contribution in [-0.4, -0.2) is 35.9 Å². The Kier molecular flexibility index (Phi) is 6.08. The van der Waals surface area contributed by atoms with Crippen molar-refractivity contribution in [1.29, 1.82) is 0 Å². The maximum Gasteiger partial charge on any atom is 0.255 e. The highest BCUT2D eigenvalue weighted by atomic mass is 16.5. The fourth-order valence-corrected chi connectivity index (χ4v) is 3.39. The number of nitrogens with zero attached hydrogens (tertiary/aromatic N) is 1. The summed E-state index contributed by atoms with van der Waals surface area (Å²) in [4.78, 5) is 26.1. The van der Waals surface area contributed by atoms with E-state index in [0.29, 0.717) is 18.7 Å². The molecule has 27 heavy (non-hydrogen) atoms. The maximum absolute atomic E-state index is 12.5. The average Bonchev–Trinajstić information content (AvgIpc) is 3.11. The molecule has 0 aliphatic carbocycles. The van der Waals surface area contributed by atoms with Crippen molar-refractivity contribution in [2.75, 3.05) is 18.5 Å². The van der Waals surface area contributed by atoms with Gasteiger partial charge < -0.3 is 15.8 Å². The van der Waals surface area contributed by atoms with Crippen LogP contribution in [0.1, 0.15) is 35.7 Å². The van der Waals surface area contributed by atoms with E-state index >= 15 is 0 Å². The molecule has 0 aromatic heterocycles. The Bertz CT molecular complexity index is 805. The van der Waals surface area contributed by atoms with Gasteiger partial charge in [-0.15, -0.1) is 0 Å². The first-order valence-electron chi connectivity index (χ1n) is 9.23. The van der Waals surface area contributed by atoms with Gasteiger partial charge in [-0.2, -0.15) is 0 Å². The van der Waals surface area contributed by atoms with Gasteiger partial charge in [-0.05, 0) is 68.3 Å². The van der Waals surface area contributed by atoms with Crippen molar-refractivity contribution in [1.82, 2.24) is 4.90 Å². The molecule has 2 amide bonds. The van der Waals surface area contributed by atoms with Crippen molar-refractivity contribution in [3.8, 4) is 5.75 Å². The third-order valence-electron chi connectivity index (χ3n) is 4.69. The zero-order valence-corrected chi connectivity index (χ0v) is 15.5. The van der Waals surface area contributed by atoms with Crippen LogP contribution < -0.4 is 15.8 Å². The standard InChI is InChI=1S/C21H25N3O3/c1-2-27-18-10-8-16(9-11-18)21(26)23-17-6-3-5-15(13-17)14-24-12-4-7-19(24)20(22)25/h3,5-6,8-11,13,19H,2,4,7,12,14H2,1H3,(H2,22,25)(H,23,26). The molecule has 1 aliphatic heterocycles. The van der Waals surface area contributed by atoms with Crippen molar-refractivity contribution in [3.63, 3.8) is 0 Å². The molecule has 3 N–H and O–H groups in total. The van der Waals surface area contributed by atoms with Crippen LogP contribution in [0, 0.1) is 0 Å². The Morgan fingerprint density at radius 3 is 2.70 bits per heavy atom. The van der Waals surface area contributed by atoms with Crippen molar-refractivity contribution in [2.24, 2.45) is 5.73 Å². The van der Waals surface area contributed by atoms with Gasteiger partial charge in [0.05, 0.1) is 12.6 Å². The lowest BCUT2D eigenvalue weighted by Gasteiger charge is -2.22. The van der Waals surface area contributed by atoms with E-state index in [9.17, 15) is 9.59 Å². The summed E-state index contributed by atoms with van der Waals surface area (Å²) in [5.74, 6) is 0.296. The SMILES string of the molecule is CCOc1ccc(C(=O)Nc2cccc(CN3CCCC3C(N)=O)c2)cc1. The molecule has 1 aliphatic rings. The third-order valence-corrected chi connectivity index (χ3v) is 4.69. The fraction of sp³-hybridized carbons (Fsp3) is 0.333. The van der Waals surface area contributed by atoms with Gasteiger partial charge in [0.15, 0.2) is 0 Å². The maximum atomic E-state index is 12.5. The van der Waals surface area contributed by atoms with Crippen LogP contribution in [0.25, 0.3) is 0 Å². The van der Waals surface area contributed by atoms with Gasteiger partial charge >= 0.3 is 0 Å². The predicted molar refractivity (Wildman–Crippen MR) is 105 cm³/mol. The highest BCUT2D eigenvalue weighted by Crippen LogP contribution is 2.21. The van der Waals surface area contributed by atoms with E-state index in [4.69, 9.17) is 10.5 Å². The summed E-state index contributed by atoms with van der Waals surface area (Å²) in [5, 5.41) is 2.92. The first-order chi connectivity index (χ1) is 13.1. The van der Waals surface area contributed by atoms with Crippen LogP contribution in [0.4, 0.5) is 5.69 Å². The second kappa shape index (κ2) is 8.68. The summed E-state index contributed by atoms with van der Waals surface area (Å²) >= 11 is 0. The summed E-state index contributed by atoms with van der Waals surface area (Å²) in [6.07, 6.45) is 1.78. The van der Waals surface area contributed by atoms with E-state index in [0.717, 1.165) is 36.4 Å². The molecular formula is C21H25N3O3. The Labute approximate surface area is 159 Å². The van der Waals surface area contributed by atoms with Crippen LogP contribution in [0.3, 0.4) is 0 Å². The number of carbonyl (C=O) groups is 2. The first kappa shape index (κ1) is 18.9. The van der Waals surface area contributed by atoms with E-state index in [2.05, 4.69) is 10.2 Å². The Morgan fingerprint density at radius 2 is 2.00 bits per heavy atom. The number of nitrogens with one attached hydrogen (secondary N) is 1. The lowest BCUT2D eigenvalue weighted by Crippen LogP contribution is -2.39. The topological polar surface area (TPSA) is 84.7 Å². The quantitative estimate of drug-likeness (QED) is 0.788. The summed E-state index contributed by atoms with van der Waals surface area (Å²) in [6, 6.07) is 14.5. The third kappa shape index (κ3) is 4.86. The second-order valence-corrected chi connectivity index (χ2v) is 6.64.